The molecule has 2 aromatic rings. The summed E-state index contributed by atoms with van der Waals surface area (Å²) in [6.07, 6.45) is 1.58. The number of hydrogen-bond donors (Lipinski definition) is 1. The number of anilines is 1. The van der Waals surface area contributed by atoms with Crippen LogP contribution in [0.15, 0.2) is 28.2 Å². The van der Waals surface area contributed by atoms with Gasteiger partial charge in [0.1, 0.15) is 0 Å². The first kappa shape index (κ1) is 15.5. The predicted octanol–water partition coefficient (Wildman–Crippen LogP) is 3.09. The molecule has 0 aliphatic rings. The van der Waals surface area contributed by atoms with E-state index in [1.807, 2.05) is 0 Å². The van der Waals surface area contributed by atoms with E-state index in [1.54, 1.807) is 24.4 Å². The Morgan fingerprint density at radius 1 is 1.38 bits per heavy atom. The highest BCUT2D eigenvalue weighted by Gasteiger charge is 2.19. The van der Waals surface area contributed by atoms with Crippen LogP contribution in [-0.4, -0.2) is 24.0 Å². The molecule has 1 aromatic carbocycles. The first-order chi connectivity index (χ1) is 10.0. The van der Waals surface area contributed by atoms with E-state index in [9.17, 15) is 9.59 Å². The first-order valence-electron chi connectivity index (χ1n) is 5.79. The summed E-state index contributed by atoms with van der Waals surface area (Å²) in [5, 5.41) is 3.07. The number of nitrogens with zero attached hydrogens (tertiary/aromatic N) is 1. The van der Waals surface area contributed by atoms with Crippen LogP contribution in [0, 0.1) is 0 Å². The van der Waals surface area contributed by atoms with Gasteiger partial charge >= 0.3 is 5.97 Å². The van der Waals surface area contributed by atoms with Gasteiger partial charge in [-0.1, -0.05) is 17.4 Å². The number of para-hydroxylation sites is 1. The zero-order valence-corrected chi connectivity index (χ0v) is 13.6. The molecule has 6 nitrogen and oxygen atoms in total. The van der Waals surface area contributed by atoms with Crippen molar-refractivity contribution in [1.29, 1.82) is 0 Å². The highest BCUT2D eigenvalue weighted by atomic mass is 79.9. The molecule has 110 valence electrons. The van der Waals surface area contributed by atoms with Crippen molar-refractivity contribution >= 4 is 44.3 Å². The number of rotatable bonds is 4. The van der Waals surface area contributed by atoms with Crippen molar-refractivity contribution in [3.63, 3.8) is 0 Å². The van der Waals surface area contributed by atoms with E-state index in [1.165, 1.54) is 25.4 Å². The molecule has 1 aromatic heterocycles. The summed E-state index contributed by atoms with van der Waals surface area (Å²) in [7, 11) is 1.43. The largest absolute Gasteiger partial charge is 0.493 e. The van der Waals surface area contributed by atoms with Crippen molar-refractivity contribution in [3.8, 4) is 11.5 Å². The predicted molar refractivity (Wildman–Crippen MR) is 82.1 cm³/mol. The molecule has 2 rings (SSSR count). The molecular formula is C13H11BrN2O4S. The van der Waals surface area contributed by atoms with Gasteiger partial charge in [-0.3, -0.25) is 14.9 Å². The lowest BCUT2D eigenvalue weighted by Gasteiger charge is -2.12. The lowest BCUT2D eigenvalue weighted by molar-refractivity contribution is -0.132. The lowest BCUT2D eigenvalue weighted by Crippen LogP contribution is -2.15. The minimum Gasteiger partial charge on any atom is -0.493 e. The van der Waals surface area contributed by atoms with Crippen LogP contribution in [0.25, 0.3) is 0 Å². The van der Waals surface area contributed by atoms with Crippen molar-refractivity contribution in [3.05, 3.63) is 33.7 Å². The van der Waals surface area contributed by atoms with E-state index in [4.69, 9.17) is 9.47 Å². The molecule has 1 heterocycles. The van der Waals surface area contributed by atoms with E-state index < -0.39 is 11.9 Å². The second-order valence-corrected chi connectivity index (χ2v) is 6.26. The Morgan fingerprint density at radius 2 is 2.14 bits per heavy atom. The fourth-order valence-electron chi connectivity index (χ4n) is 1.58. The van der Waals surface area contributed by atoms with Gasteiger partial charge in [-0.15, -0.1) is 0 Å². The molecule has 0 radical (unpaired) electrons. The summed E-state index contributed by atoms with van der Waals surface area (Å²) in [6, 6.07) is 4.78. The third-order valence-electron chi connectivity index (χ3n) is 2.39. The summed E-state index contributed by atoms with van der Waals surface area (Å²) >= 11 is 4.54. The van der Waals surface area contributed by atoms with Crippen molar-refractivity contribution in [2.75, 3.05) is 12.4 Å². The number of hydrogen-bond acceptors (Lipinski definition) is 6. The van der Waals surface area contributed by atoms with Crippen LogP contribution in [-0.2, 0) is 4.79 Å². The first-order valence-corrected chi connectivity index (χ1v) is 7.40. The number of thiazole rings is 1. The smallest absolute Gasteiger partial charge is 0.308 e. The molecule has 0 spiro atoms. The van der Waals surface area contributed by atoms with Crippen LogP contribution in [0.1, 0.15) is 17.3 Å². The average molecular weight is 371 g/mol. The summed E-state index contributed by atoms with van der Waals surface area (Å²) in [4.78, 5) is 27.5. The molecule has 0 saturated heterocycles. The normalized spacial score (nSPS) is 10.0. The van der Waals surface area contributed by atoms with E-state index in [0.717, 1.165) is 3.79 Å². The second kappa shape index (κ2) is 6.68. The molecule has 0 atom stereocenters. The molecule has 1 amide bonds. The van der Waals surface area contributed by atoms with Crippen LogP contribution in [0.2, 0.25) is 0 Å². The Kier molecular flexibility index (Phi) is 4.92. The van der Waals surface area contributed by atoms with E-state index in [2.05, 4.69) is 26.2 Å². The van der Waals surface area contributed by atoms with E-state index in [-0.39, 0.29) is 11.3 Å². The summed E-state index contributed by atoms with van der Waals surface area (Å²) in [6.45, 7) is 1.26. The Labute approximate surface area is 133 Å². The van der Waals surface area contributed by atoms with Gasteiger partial charge in [0.2, 0.25) is 0 Å². The van der Waals surface area contributed by atoms with Crippen molar-refractivity contribution in [2.24, 2.45) is 0 Å². The van der Waals surface area contributed by atoms with Gasteiger partial charge in [-0.25, -0.2) is 4.98 Å². The molecule has 21 heavy (non-hydrogen) atoms. The summed E-state index contributed by atoms with van der Waals surface area (Å²) in [5.41, 5.74) is 0.191. The van der Waals surface area contributed by atoms with E-state index in [0.29, 0.717) is 10.9 Å². The third-order valence-corrected chi connectivity index (χ3v) is 3.78. The zero-order valence-electron chi connectivity index (χ0n) is 11.2. The fourth-order valence-corrected chi connectivity index (χ4v) is 2.68. The number of esters is 1. The molecule has 0 saturated carbocycles. The SMILES string of the molecule is COc1cccc(C(=O)Nc2ncc(Br)s2)c1OC(C)=O. The number of amides is 1. The molecule has 0 fully saturated rings. The fraction of sp³-hybridized carbons (Fsp3) is 0.154. The number of halogens is 1. The number of ether oxygens (including phenoxy) is 2. The Balaban J connectivity index is 2.33. The Hall–Kier alpha value is -1.93. The third kappa shape index (κ3) is 3.79. The standard InChI is InChI=1S/C13H11BrN2O4S/c1-7(17)20-11-8(4-3-5-9(11)19-2)12(18)16-13-15-6-10(14)21-13/h3-6H,1-2H3,(H,15,16,18). The Morgan fingerprint density at radius 3 is 2.71 bits per heavy atom. The van der Waals surface area contributed by atoms with Crippen molar-refractivity contribution < 1.29 is 19.1 Å². The number of nitrogens with one attached hydrogen (secondary N) is 1. The van der Waals surface area contributed by atoms with Crippen molar-refractivity contribution in [1.82, 2.24) is 4.98 Å². The second-order valence-electron chi connectivity index (χ2n) is 3.85. The zero-order chi connectivity index (χ0) is 15.4. The van der Waals surface area contributed by atoms with Crippen LogP contribution >= 0.6 is 27.3 Å². The summed E-state index contributed by atoms with van der Waals surface area (Å²) < 4.78 is 11.0. The maximum Gasteiger partial charge on any atom is 0.308 e. The van der Waals surface area contributed by atoms with Crippen LogP contribution in [0.3, 0.4) is 0 Å². The number of benzene rings is 1. The maximum absolute atomic E-state index is 12.3. The number of carbonyl (C=O) groups excluding carboxylic acids is 2. The number of methoxy groups -OCH3 is 1. The van der Waals surface area contributed by atoms with Gasteiger partial charge in [0.05, 0.1) is 22.7 Å². The number of carbonyl (C=O) groups is 2. The van der Waals surface area contributed by atoms with Crippen LogP contribution < -0.4 is 14.8 Å². The van der Waals surface area contributed by atoms with Crippen molar-refractivity contribution in [2.45, 2.75) is 6.92 Å². The molecular weight excluding hydrogens is 360 g/mol. The van der Waals surface area contributed by atoms with Gasteiger partial charge in [-0.05, 0) is 28.1 Å². The van der Waals surface area contributed by atoms with Gasteiger partial charge in [0.15, 0.2) is 16.6 Å². The topological polar surface area (TPSA) is 77.5 Å². The highest BCUT2D eigenvalue weighted by Crippen LogP contribution is 2.32. The van der Waals surface area contributed by atoms with Gasteiger partial charge in [-0.2, -0.15) is 0 Å². The summed E-state index contributed by atoms with van der Waals surface area (Å²) in [5.74, 6) is -0.587. The van der Waals surface area contributed by atoms with Crippen LogP contribution in [0.5, 0.6) is 11.5 Å². The van der Waals surface area contributed by atoms with Gasteiger partial charge in [0, 0.05) is 6.92 Å². The molecule has 8 heteroatoms. The molecule has 1 N–H and O–H groups in total. The Bertz CT molecular complexity index is 687. The monoisotopic (exact) mass is 370 g/mol. The van der Waals surface area contributed by atoms with Gasteiger partial charge < -0.3 is 9.47 Å². The molecule has 0 unspecified atom stereocenters. The minimum atomic E-state index is -0.537. The van der Waals surface area contributed by atoms with Crippen LogP contribution in [0.4, 0.5) is 5.13 Å². The molecule has 0 aliphatic heterocycles. The molecule has 0 aliphatic carbocycles. The average Bonchev–Trinajstić information content (AvgIpc) is 2.83. The highest BCUT2D eigenvalue weighted by molar-refractivity contribution is 9.11. The minimum absolute atomic E-state index is 0.0839. The maximum atomic E-state index is 12.3. The lowest BCUT2D eigenvalue weighted by atomic mass is 10.1. The van der Waals surface area contributed by atoms with Gasteiger partial charge in [0.25, 0.3) is 5.91 Å². The molecule has 0 bridgehead atoms. The number of aromatic nitrogens is 1. The van der Waals surface area contributed by atoms with E-state index >= 15 is 0 Å². The quantitative estimate of drug-likeness (QED) is 0.660.